The van der Waals surface area contributed by atoms with Crippen molar-refractivity contribution in [3.8, 4) is 11.5 Å². The van der Waals surface area contributed by atoms with Gasteiger partial charge in [-0.25, -0.2) is 0 Å². The second-order valence-electron chi connectivity index (χ2n) is 5.59. The molecule has 1 aromatic heterocycles. The van der Waals surface area contributed by atoms with Crippen LogP contribution in [0, 0.1) is 13.8 Å². The normalized spacial score (nSPS) is 12.7. The Morgan fingerprint density at radius 2 is 2.00 bits per heavy atom. The summed E-state index contributed by atoms with van der Waals surface area (Å²) in [5.41, 5.74) is 3.19. The average molecular weight is 458 g/mol. The minimum absolute atomic E-state index is 0. The number of aromatic nitrogens is 1. The molecule has 1 aliphatic heterocycles. The first-order chi connectivity index (χ1) is 11.7. The summed E-state index contributed by atoms with van der Waals surface area (Å²) in [7, 11) is 1.75. The van der Waals surface area contributed by atoms with Crippen molar-refractivity contribution in [2.75, 3.05) is 20.4 Å². The third kappa shape index (κ3) is 4.77. The van der Waals surface area contributed by atoms with Crippen LogP contribution in [0.4, 0.5) is 0 Å². The van der Waals surface area contributed by atoms with E-state index in [0.29, 0.717) is 6.54 Å². The van der Waals surface area contributed by atoms with E-state index in [-0.39, 0.29) is 30.8 Å². The van der Waals surface area contributed by atoms with Crippen LogP contribution in [0.5, 0.6) is 11.5 Å². The molecule has 3 rings (SSSR count). The third-order valence-corrected chi connectivity index (χ3v) is 3.97. The number of hydrogen-bond donors (Lipinski definition) is 2. The van der Waals surface area contributed by atoms with Crippen LogP contribution in [0.25, 0.3) is 0 Å². The molecule has 0 spiro atoms. The Morgan fingerprint density at radius 1 is 1.20 bits per heavy atom. The summed E-state index contributed by atoms with van der Waals surface area (Å²) in [4.78, 5) is 4.24. The zero-order valence-corrected chi connectivity index (χ0v) is 16.9. The van der Waals surface area contributed by atoms with Crippen molar-refractivity contribution in [3.05, 3.63) is 40.8 Å². The van der Waals surface area contributed by atoms with E-state index in [1.165, 1.54) is 0 Å². The van der Waals surface area contributed by atoms with Gasteiger partial charge in [-0.1, -0.05) is 11.2 Å². The summed E-state index contributed by atoms with van der Waals surface area (Å²) in [6.07, 6.45) is 0.839. The number of fused-ring (bicyclic) bond motifs is 1. The van der Waals surface area contributed by atoms with E-state index in [4.69, 9.17) is 14.0 Å². The van der Waals surface area contributed by atoms with Crippen LogP contribution in [-0.2, 0) is 13.0 Å². The summed E-state index contributed by atoms with van der Waals surface area (Å²) < 4.78 is 15.9. The predicted octanol–water partition coefficient (Wildman–Crippen LogP) is 2.55. The second-order valence-corrected chi connectivity index (χ2v) is 5.59. The fraction of sp³-hybridized carbons (Fsp3) is 0.412. The molecule has 0 saturated carbocycles. The molecule has 0 bridgehead atoms. The molecule has 0 saturated heterocycles. The number of rotatable bonds is 5. The lowest BCUT2D eigenvalue weighted by Crippen LogP contribution is -2.37. The van der Waals surface area contributed by atoms with Crippen LogP contribution >= 0.6 is 24.0 Å². The van der Waals surface area contributed by atoms with Gasteiger partial charge in [0.2, 0.25) is 6.79 Å². The summed E-state index contributed by atoms with van der Waals surface area (Å²) in [5.74, 6) is 3.20. The van der Waals surface area contributed by atoms with Gasteiger partial charge in [0, 0.05) is 25.7 Å². The quantitative estimate of drug-likeness (QED) is 0.408. The molecule has 7 nitrogen and oxygen atoms in total. The van der Waals surface area contributed by atoms with Crippen molar-refractivity contribution in [3.63, 3.8) is 0 Å². The van der Waals surface area contributed by atoms with Crippen LogP contribution in [-0.4, -0.2) is 31.5 Å². The van der Waals surface area contributed by atoms with Crippen LogP contribution in [0.2, 0.25) is 0 Å². The Kier molecular flexibility index (Phi) is 6.91. The molecule has 2 aromatic rings. The molecule has 136 valence electrons. The second kappa shape index (κ2) is 8.93. The lowest BCUT2D eigenvalue weighted by atomic mass is 10.1. The zero-order chi connectivity index (χ0) is 16.9. The van der Waals surface area contributed by atoms with Gasteiger partial charge in [0.15, 0.2) is 17.5 Å². The van der Waals surface area contributed by atoms with E-state index in [1.54, 1.807) is 7.05 Å². The van der Waals surface area contributed by atoms with E-state index in [9.17, 15) is 0 Å². The number of hydrogen-bond acceptors (Lipinski definition) is 5. The molecule has 2 heterocycles. The van der Waals surface area contributed by atoms with Gasteiger partial charge in [-0.15, -0.1) is 24.0 Å². The van der Waals surface area contributed by atoms with Gasteiger partial charge < -0.3 is 24.6 Å². The summed E-state index contributed by atoms with van der Waals surface area (Å²) in [6.45, 7) is 5.59. The maximum atomic E-state index is 5.39. The minimum atomic E-state index is 0. The monoisotopic (exact) mass is 458 g/mol. The number of aliphatic imine (C=N–C) groups is 1. The van der Waals surface area contributed by atoms with Gasteiger partial charge in [-0.05, 0) is 38.0 Å². The molecule has 0 aliphatic carbocycles. The van der Waals surface area contributed by atoms with Crippen molar-refractivity contribution in [1.29, 1.82) is 0 Å². The van der Waals surface area contributed by atoms with E-state index < -0.39 is 0 Å². The summed E-state index contributed by atoms with van der Waals surface area (Å²) in [6, 6.07) is 5.91. The van der Waals surface area contributed by atoms with Gasteiger partial charge in [-0.3, -0.25) is 4.99 Å². The van der Waals surface area contributed by atoms with Crippen LogP contribution in [0.1, 0.15) is 22.6 Å². The number of guanidine groups is 1. The highest BCUT2D eigenvalue weighted by atomic mass is 127. The SMILES string of the molecule is CN=C(NCCc1c(C)noc1C)NCc1ccc2c(c1)OCO2.I. The van der Waals surface area contributed by atoms with Crippen molar-refractivity contribution in [2.24, 2.45) is 4.99 Å². The largest absolute Gasteiger partial charge is 0.454 e. The maximum Gasteiger partial charge on any atom is 0.231 e. The average Bonchev–Trinajstić information content (AvgIpc) is 3.18. The minimum Gasteiger partial charge on any atom is -0.454 e. The van der Waals surface area contributed by atoms with Gasteiger partial charge in [0.05, 0.1) is 5.69 Å². The number of nitrogens with zero attached hydrogens (tertiary/aromatic N) is 2. The Morgan fingerprint density at radius 3 is 2.72 bits per heavy atom. The summed E-state index contributed by atoms with van der Waals surface area (Å²) >= 11 is 0. The van der Waals surface area contributed by atoms with Crippen molar-refractivity contribution < 1.29 is 14.0 Å². The number of ether oxygens (including phenoxy) is 2. The molecule has 1 aliphatic rings. The molecular formula is C17H23IN4O3. The molecule has 0 unspecified atom stereocenters. The standard InChI is InChI=1S/C17H22N4O3.HI/c1-11-14(12(2)24-21-11)6-7-19-17(18-3)20-9-13-4-5-15-16(8-13)23-10-22-15;/h4-5,8H,6-7,9-10H2,1-3H3,(H2,18,19,20);1H. The van der Waals surface area contributed by atoms with Crippen LogP contribution < -0.4 is 20.1 Å². The topological polar surface area (TPSA) is 80.9 Å². The molecule has 1 aromatic carbocycles. The smallest absolute Gasteiger partial charge is 0.231 e. The van der Waals surface area contributed by atoms with Gasteiger partial charge in [-0.2, -0.15) is 0 Å². The number of benzene rings is 1. The number of halogens is 1. The van der Waals surface area contributed by atoms with Gasteiger partial charge in [0.1, 0.15) is 5.76 Å². The highest BCUT2D eigenvalue weighted by molar-refractivity contribution is 14.0. The Labute approximate surface area is 164 Å². The summed E-state index contributed by atoms with van der Waals surface area (Å²) in [5, 5.41) is 10.6. The van der Waals surface area contributed by atoms with Gasteiger partial charge >= 0.3 is 0 Å². The number of aryl methyl sites for hydroxylation is 2. The molecule has 8 heteroatoms. The van der Waals surface area contributed by atoms with Gasteiger partial charge in [0.25, 0.3) is 0 Å². The highest BCUT2D eigenvalue weighted by Crippen LogP contribution is 2.32. The Hall–Kier alpha value is -1.97. The molecular weight excluding hydrogens is 435 g/mol. The van der Waals surface area contributed by atoms with Crippen molar-refractivity contribution in [2.45, 2.75) is 26.8 Å². The predicted molar refractivity (Wildman–Crippen MR) is 106 cm³/mol. The van der Waals surface area contributed by atoms with Crippen LogP contribution in [0.15, 0.2) is 27.7 Å². The first kappa shape index (κ1) is 19.4. The lowest BCUT2D eigenvalue weighted by molar-refractivity contribution is 0.174. The molecule has 0 amide bonds. The van der Waals surface area contributed by atoms with Crippen molar-refractivity contribution in [1.82, 2.24) is 15.8 Å². The maximum absolute atomic E-state index is 5.39. The third-order valence-electron chi connectivity index (χ3n) is 3.97. The first-order valence-electron chi connectivity index (χ1n) is 7.92. The molecule has 0 atom stereocenters. The van der Waals surface area contributed by atoms with Crippen LogP contribution in [0.3, 0.4) is 0 Å². The fourth-order valence-electron chi connectivity index (χ4n) is 2.62. The van der Waals surface area contributed by atoms with E-state index >= 15 is 0 Å². The first-order valence-corrected chi connectivity index (χ1v) is 7.92. The molecule has 25 heavy (non-hydrogen) atoms. The fourth-order valence-corrected chi connectivity index (χ4v) is 2.62. The molecule has 2 N–H and O–H groups in total. The van der Waals surface area contributed by atoms with E-state index in [2.05, 4.69) is 20.8 Å². The number of nitrogens with one attached hydrogen (secondary N) is 2. The van der Waals surface area contributed by atoms with E-state index in [0.717, 1.165) is 53.0 Å². The lowest BCUT2D eigenvalue weighted by Gasteiger charge is -2.12. The highest BCUT2D eigenvalue weighted by Gasteiger charge is 2.13. The Balaban J connectivity index is 0.00000225. The van der Waals surface area contributed by atoms with Crippen molar-refractivity contribution >= 4 is 29.9 Å². The zero-order valence-electron chi connectivity index (χ0n) is 14.6. The molecule has 0 radical (unpaired) electrons. The van der Waals surface area contributed by atoms with E-state index in [1.807, 2.05) is 32.0 Å². The molecule has 0 fully saturated rings. The Bertz CT molecular complexity index is 726.